The number of rotatable bonds is 5. The van der Waals surface area contributed by atoms with Crippen LogP contribution in [0.15, 0.2) is 48.7 Å². The molecular formula is C25H29N5O. The van der Waals surface area contributed by atoms with Crippen LogP contribution in [0.2, 0.25) is 0 Å². The zero-order valence-electron chi connectivity index (χ0n) is 17.9. The van der Waals surface area contributed by atoms with Crippen LogP contribution in [-0.2, 0) is 4.74 Å². The number of ether oxygens (including phenoxy) is 1. The maximum absolute atomic E-state index is 9.05. The van der Waals surface area contributed by atoms with Gasteiger partial charge in [0.25, 0.3) is 0 Å². The lowest BCUT2D eigenvalue weighted by Crippen LogP contribution is -2.46. The van der Waals surface area contributed by atoms with E-state index in [1.807, 2.05) is 6.07 Å². The van der Waals surface area contributed by atoms with Crippen molar-refractivity contribution in [3.63, 3.8) is 0 Å². The second-order valence-electron chi connectivity index (χ2n) is 7.96. The molecule has 0 radical (unpaired) electrons. The molecule has 0 unspecified atom stereocenters. The zero-order chi connectivity index (χ0) is 21.3. The fourth-order valence-electron chi connectivity index (χ4n) is 4.09. The standard InChI is InChI=1S/C25H29N5O/c26-21-22-8-11-27-25(20-22)30-13-9-24(10-14-30)31-19-5-4-12-28-15-17-29(18-16-28)23-6-2-1-3-7-23/h1-3,6-8,11,20,24H,9-10,12-19H2. The fraction of sp³-hybridized carbons (Fsp3) is 0.440. The van der Waals surface area contributed by atoms with E-state index in [0.29, 0.717) is 12.2 Å². The van der Waals surface area contributed by atoms with Crippen molar-refractivity contribution in [3.8, 4) is 17.9 Å². The van der Waals surface area contributed by atoms with Crippen molar-refractivity contribution in [2.75, 3.05) is 62.2 Å². The number of benzene rings is 1. The minimum Gasteiger partial charge on any atom is -0.369 e. The van der Waals surface area contributed by atoms with Gasteiger partial charge in [0.2, 0.25) is 0 Å². The van der Waals surface area contributed by atoms with E-state index in [9.17, 15) is 0 Å². The molecule has 0 bridgehead atoms. The third kappa shape index (κ3) is 5.98. The molecule has 0 saturated carbocycles. The van der Waals surface area contributed by atoms with E-state index >= 15 is 0 Å². The van der Waals surface area contributed by atoms with Crippen LogP contribution >= 0.6 is 0 Å². The highest BCUT2D eigenvalue weighted by Crippen LogP contribution is 2.20. The van der Waals surface area contributed by atoms with Crippen LogP contribution in [0.5, 0.6) is 0 Å². The first-order valence-electron chi connectivity index (χ1n) is 11.0. The molecule has 31 heavy (non-hydrogen) atoms. The van der Waals surface area contributed by atoms with Crippen LogP contribution < -0.4 is 9.80 Å². The second kappa shape index (κ2) is 10.8. The summed E-state index contributed by atoms with van der Waals surface area (Å²) >= 11 is 0. The molecule has 2 aliphatic rings. The maximum atomic E-state index is 9.05. The Morgan fingerprint density at radius 3 is 2.45 bits per heavy atom. The molecule has 6 nitrogen and oxygen atoms in total. The molecule has 4 rings (SSSR count). The molecule has 6 heteroatoms. The van der Waals surface area contributed by atoms with Crippen molar-refractivity contribution in [2.45, 2.75) is 18.9 Å². The lowest BCUT2D eigenvalue weighted by molar-refractivity contribution is 0.0593. The van der Waals surface area contributed by atoms with Gasteiger partial charge in [-0.1, -0.05) is 30.0 Å². The molecule has 3 heterocycles. The van der Waals surface area contributed by atoms with Crippen LogP contribution in [0.3, 0.4) is 0 Å². The van der Waals surface area contributed by atoms with Crippen LogP contribution in [0.25, 0.3) is 0 Å². The molecule has 2 aromatic rings. The molecule has 0 atom stereocenters. The molecule has 2 aliphatic heterocycles. The molecule has 2 fully saturated rings. The van der Waals surface area contributed by atoms with E-state index in [1.165, 1.54) is 5.69 Å². The highest BCUT2D eigenvalue weighted by atomic mass is 16.5. The number of hydrogen-bond acceptors (Lipinski definition) is 6. The van der Waals surface area contributed by atoms with E-state index in [0.717, 1.165) is 64.5 Å². The van der Waals surface area contributed by atoms with Gasteiger partial charge in [0.1, 0.15) is 12.4 Å². The first-order valence-corrected chi connectivity index (χ1v) is 11.0. The summed E-state index contributed by atoms with van der Waals surface area (Å²) in [5.74, 6) is 7.35. The summed E-state index contributed by atoms with van der Waals surface area (Å²) in [5, 5.41) is 9.05. The average Bonchev–Trinajstić information content (AvgIpc) is 2.85. The van der Waals surface area contributed by atoms with Crippen LogP contribution in [0, 0.1) is 23.2 Å². The molecule has 0 aliphatic carbocycles. The van der Waals surface area contributed by atoms with Gasteiger partial charge in [-0.05, 0) is 37.1 Å². The Morgan fingerprint density at radius 2 is 1.71 bits per heavy atom. The molecule has 1 aromatic heterocycles. The molecule has 2 saturated heterocycles. The fourth-order valence-corrected chi connectivity index (χ4v) is 4.09. The molecule has 160 valence electrons. The number of para-hydroxylation sites is 1. The van der Waals surface area contributed by atoms with Gasteiger partial charge in [-0.3, -0.25) is 4.90 Å². The number of aromatic nitrogens is 1. The Hall–Kier alpha value is -3.06. The molecule has 0 spiro atoms. The number of nitrogens with zero attached hydrogens (tertiary/aromatic N) is 5. The number of hydrogen-bond donors (Lipinski definition) is 0. The number of piperidine rings is 1. The largest absolute Gasteiger partial charge is 0.369 e. The summed E-state index contributed by atoms with van der Waals surface area (Å²) in [6.07, 6.45) is 3.87. The number of nitriles is 1. The smallest absolute Gasteiger partial charge is 0.129 e. The first-order chi connectivity index (χ1) is 15.3. The van der Waals surface area contributed by atoms with Gasteiger partial charge in [-0.25, -0.2) is 4.98 Å². The van der Waals surface area contributed by atoms with Gasteiger partial charge in [0, 0.05) is 51.2 Å². The van der Waals surface area contributed by atoms with Crippen molar-refractivity contribution >= 4 is 11.5 Å². The van der Waals surface area contributed by atoms with Gasteiger partial charge in [0.15, 0.2) is 0 Å². The summed E-state index contributed by atoms with van der Waals surface area (Å²) in [6, 6.07) is 16.4. The highest BCUT2D eigenvalue weighted by Gasteiger charge is 2.20. The Bertz CT molecular complexity index is 930. The van der Waals surface area contributed by atoms with Gasteiger partial charge in [0.05, 0.1) is 24.3 Å². The number of piperazine rings is 1. The van der Waals surface area contributed by atoms with Gasteiger partial charge in [-0.15, -0.1) is 0 Å². The summed E-state index contributed by atoms with van der Waals surface area (Å²) < 4.78 is 5.98. The van der Waals surface area contributed by atoms with Crippen LogP contribution in [0.1, 0.15) is 18.4 Å². The van der Waals surface area contributed by atoms with Crippen molar-refractivity contribution in [1.29, 1.82) is 5.26 Å². The van der Waals surface area contributed by atoms with E-state index < -0.39 is 0 Å². The lowest BCUT2D eigenvalue weighted by Gasteiger charge is -2.35. The Balaban J connectivity index is 1.12. The van der Waals surface area contributed by atoms with Gasteiger partial charge < -0.3 is 14.5 Å². The van der Waals surface area contributed by atoms with Crippen LogP contribution in [0.4, 0.5) is 11.5 Å². The molecule has 0 N–H and O–H groups in total. The third-order valence-electron chi connectivity index (χ3n) is 5.95. The first kappa shape index (κ1) is 21.2. The monoisotopic (exact) mass is 415 g/mol. The van der Waals surface area contributed by atoms with Crippen molar-refractivity contribution < 1.29 is 4.74 Å². The zero-order valence-corrected chi connectivity index (χ0v) is 17.9. The molecule has 1 aromatic carbocycles. The lowest BCUT2D eigenvalue weighted by atomic mass is 10.1. The number of anilines is 2. The van der Waals surface area contributed by atoms with E-state index in [-0.39, 0.29) is 6.10 Å². The van der Waals surface area contributed by atoms with Gasteiger partial charge in [-0.2, -0.15) is 5.26 Å². The topological polar surface area (TPSA) is 55.6 Å². The molecular weight excluding hydrogens is 386 g/mol. The van der Waals surface area contributed by atoms with Crippen molar-refractivity contribution in [1.82, 2.24) is 9.88 Å². The predicted octanol–water partition coefficient (Wildman–Crippen LogP) is 2.76. The van der Waals surface area contributed by atoms with Gasteiger partial charge >= 0.3 is 0 Å². The maximum Gasteiger partial charge on any atom is 0.129 e. The minimum atomic E-state index is 0.249. The SMILES string of the molecule is N#Cc1ccnc(N2CCC(OCC#CCN3CCN(c4ccccc4)CC3)CC2)c1. The van der Waals surface area contributed by atoms with Crippen molar-refractivity contribution in [2.24, 2.45) is 0 Å². The summed E-state index contributed by atoms with van der Waals surface area (Å²) in [7, 11) is 0. The van der Waals surface area contributed by atoms with Crippen LogP contribution in [-0.4, -0.2) is 68.4 Å². The van der Waals surface area contributed by atoms with E-state index in [1.54, 1.807) is 12.3 Å². The Morgan fingerprint density at radius 1 is 0.935 bits per heavy atom. The minimum absolute atomic E-state index is 0.249. The quantitative estimate of drug-likeness (QED) is 0.700. The van der Waals surface area contributed by atoms with E-state index in [4.69, 9.17) is 10.00 Å². The normalized spacial score (nSPS) is 17.6. The summed E-state index contributed by atoms with van der Waals surface area (Å²) in [4.78, 5) is 11.5. The molecule has 0 amide bonds. The third-order valence-corrected chi connectivity index (χ3v) is 5.95. The predicted molar refractivity (Wildman–Crippen MR) is 123 cm³/mol. The highest BCUT2D eigenvalue weighted by molar-refractivity contribution is 5.46. The summed E-state index contributed by atoms with van der Waals surface area (Å²) in [6.45, 7) is 7.28. The Labute approximate surface area is 185 Å². The van der Waals surface area contributed by atoms with E-state index in [2.05, 4.69) is 67.9 Å². The summed E-state index contributed by atoms with van der Waals surface area (Å²) in [5.41, 5.74) is 1.96. The van der Waals surface area contributed by atoms with Crippen molar-refractivity contribution in [3.05, 3.63) is 54.2 Å². The average molecular weight is 416 g/mol. The second-order valence-corrected chi connectivity index (χ2v) is 7.96. The number of pyridine rings is 1. The Kier molecular flexibility index (Phi) is 7.39.